The van der Waals surface area contributed by atoms with Crippen LogP contribution in [0.15, 0.2) is 18.2 Å². The number of carboxylic acid groups (broad SMARTS) is 1. The second-order valence-corrected chi connectivity index (χ2v) is 5.90. The Kier molecular flexibility index (Phi) is 4.50. The molecule has 3 unspecified atom stereocenters. The molecule has 5 nitrogen and oxygen atoms in total. The number of carboxylic acids is 1. The third-order valence-electron chi connectivity index (χ3n) is 4.59. The van der Waals surface area contributed by atoms with E-state index in [4.69, 9.17) is 5.11 Å². The molecule has 3 N–H and O–H groups in total. The van der Waals surface area contributed by atoms with Gasteiger partial charge in [0.15, 0.2) is 0 Å². The van der Waals surface area contributed by atoms with Crippen molar-refractivity contribution in [2.24, 2.45) is 11.8 Å². The zero-order valence-corrected chi connectivity index (χ0v) is 12.6. The lowest BCUT2D eigenvalue weighted by Gasteiger charge is -2.20. The van der Waals surface area contributed by atoms with Gasteiger partial charge in [-0.1, -0.05) is 19.9 Å². The van der Waals surface area contributed by atoms with Crippen LogP contribution in [0.2, 0.25) is 0 Å². The molecule has 0 saturated heterocycles. The highest BCUT2D eigenvalue weighted by molar-refractivity contribution is 5.95. The van der Waals surface area contributed by atoms with Gasteiger partial charge in [-0.25, -0.2) is 9.59 Å². The number of anilines is 1. The van der Waals surface area contributed by atoms with Gasteiger partial charge in [-0.05, 0) is 49.3 Å². The molecule has 1 aliphatic rings. The Labute approximate surface area is 124 Å². The van der Waals surface area contributed by atoms with Crippen LogP contribution in [0.1, 0.15) is 42.6 Å². The monoisotopic (exact) mass is 290 g/mol. The van der Waals surface area contributed by atoms with Crippen LogP contribution in [-0.2, 0) is 0 Å². The predicted octanol–water partition coefficient (Wildman–Crippen LogP) is 3.25. The number of urea groups is 1. The van der Waals surface area contributed by atoms with E-state index in [2.05, 4.69) is 24.5 Å². The van der Waals surface area contributed by atoms with Gasteiger partial charge in [0.2, 0.25) is 0 Å². The summed E-state index contributed by atoms with van der Waals surface area (Å²) in [5, 5.41) is 14.8. The van der Waals surface area contributed by atoms with E-state index in [0.29, 0.717) is 23.1 Å². The van der Waals surface area contributed by atoms with Crippen LogP contribution in [0.25, 0.3) is 0 Å². The van der Waals surface area contributed by atoms with Crippen LogP contribution in [0.5, 0.6) is 0 Å². The molecule has 0 spiro atoms. The van der Waals surface area contributed by atoms with Gasteiger partial charge in [-0.3, -0.25) is 0 Å². The molecule has 1 fully saturated rings. The van der Waals surface area contributed by atoms with Crippen molar-refractivity contribution in [1.29, 1.82) is 0 Å². The van der Waals surface area contributed by atoms with Crippen molar-refractivity contribution in [3.05, 3.63) is 29.3 Å². The molecule has 0 aromatic heterocycles. The SMILES string of the molecule is Cc1c(NC(=O)NC2CCC(C)C2C)cccc1C(=O)O. The molecule has 3 atom stereocenters. The van der Waals surface area contributed by atoms with E-state index in [9.17, 15) is 9.59 Å². The van der Waals surface area contributed by atoms with E-state index in [0.717, 1.165) is 12.8 Å². The molecule has 1 aromatic carbocycles. The van der Waals surface area contributed by atoms with Gasteiger partial charge in [-0.15, -0.1) is 0 Å². The molecule has 1 aromatic rings. The van der Waals surface area contributed by atoms with Gasteiger partial charge in [-0.2, -0.15) is 0 Å². The van der Waals surface area contributed by atoms with Gasteiger partial charge in [0.1, 0.15) is 0 Å². The fourth-order valence-corrected chi connectivity index (χ4v) is 2.90. The van der Waals surface area contributed by atoms with Gasteiger partial charge >= 0.3 is 12.0 Å². The van der Waals surface area contributed by atoms with Crippen molar-refractivity contribution in [3.63, 3.8) is 0 Å². The topological polar surface area (TPSA) is 78.4 Å². The number of nitrogens with one attached hydrogen (secondary N) is 2. The van der Waals surface area contributed by atoms with E-state index in [-0.39, 0.29) is 17.6 Å². The Balaban J connectivity index is 2.03. The molecule has 5 heteroatoms. The van der Waals surface area contributed by atoms with Crippen molar-refractivity contribution < 1.29 is 14.7 Å². The third-order valence-corrected chi connectivity index (χ3v) is 4.59. The smallest absolute Gasteiger partial charge is 0.336 e. The summed E-state index contributed by atoms with van der Waals surface area (Å²) in [5.41, 5.74) is 1.30. The summed E-state index contributed by atoms with van der Waals surface area (Å²) >= 11 is 0. The Bertz CT molecular complexity index is 556. The minimum atomic E-state index is -0.991. The van der Waals surface area contributed by atoms with E-state index in [1.165, 1.54) is 6.07 Å². The second-order valence-electron chi connectivity index (χ2n) is 5.90. The van der Waals surface area contributed by atoms with E-state index in [1.54, 1.807) is 19.1 Å². The molecule has 1 saturated carbocycles. The van der Waals surface area contributed by atoms with Gasteiger partial charge in [0.05, 0.1) is 5.56 Å². The highest BCUT2D eigenvalue weighted by Crippen LogP contribution is 2.31. The lowest BCUT2D eigenvalue weighted by Crippen LogP contribution is -2.40. The van der Waals surface area contributed by atoms with Crippen LogP contribution in [-0.4, -0.2) is 23.1 Å². The molecule has 0 aliphatic heterocycles. The zero-order valence-electron chi connectivity index (χ0n) is 12.6. The number of carbonyl (C=O) groups excluding carboxylic acids is 1. The van der Waals surface area contributed by atoms with E-state index >= 15 is 0 Å². The third kappa shape index (κ3) is 3.35. The van der Waals surface area contributed by atoms with Crippen LogP contribution in [0.3, 0.4) is 0 Å². The number of aromatic carboxylic acids is 1. The fraction of sp³-hybridized carbons (Fsp3) is 0.500. The normalized spacial score (nSPS) is 24.6. The summed E-state index contributed by atoms with van der Waals surface area (Å²) in [5.74, 6) is 0.0874. The maximum atomic E-state index is 12.1. The molecule has 0 bridgehead atoms. The average molecular weight is 290 g/mol. The molecule has 114 valence electrons. The molecule has 21 heavy (non-hydrogen) atoms. The highest BCUT2D eigenvalue weighted by atomic mass is 16.4. The first-order valence-electron chi connectivity index (χ1n) is 7.30. The predicted molar refractivity (Wildman–Crippen MR) is 81.6 cm³/mol. The lowest BCUT2D eigenvalue weighted by atomic mass is 9.98. The fourth-order valence-electron chi connectivity index (χ4n) is 2.90. The number of hydrogen-bond donors (Lipinski definition) is 3. The van der Waals surface area contributed by atoms with E-state index in [1.807, 2.05) is 0 Å². The maximum absolute atomic E-state index is 12.1. The molecule has 2 rings (SSSR count). The number of amides is 2. The molecule has 1 aliphatic carbocycles. The molecule has 0 heterocycles. The lowest BCUT2D eigenvalue weighted by molar-refractivity contribution is 0.0696. The standard InChI is InChI=1S/C16H22N2O3/c1-9-7-8-14(10(9)2)18-16(21)17-13-6-4-5-12(11(13)3)15(19)20/h4-6,9-10,14H,7-8H2,1-3H3,(H,19,20)(H2,17,18,21). The van der Waals surface area contributed by atoms with Crippen LogP contribution in [0, 0.1) is 18.8 Å². The summed E-state index contributed by atoms with van der Waals surface area (Å²) in [6.07, 6.45) is 2.11. The first kappa shape index (κ1) is 15.4. The minimum absolute atomic E-state index is 0.183. The van der Waals surface area contributed by atoms with Crippen LogP contribution < -0.4 is 10.6 Å². The van der Waals surface area contributed by atoms with Crippen molar-refractivity contribution >= 4 is 17.7 Å². The summed E-state index contributed by atoms with van der Waals surface area (Å²) in [6.45, 7) is 6.04. The van der Waals surface area contributed by atoms with Crippen molar-refractivity contribution in [2.45, 2.75) is 39.7 Å². The Morgan fingerprint density at radius 3 is 2.52 bits per heavy atom. The van der Waals surface area contributed by atoms with Crippen LogP contribution >= 0.6 is 0 Å². The summed E-state index contributed by atoms with van der Waals surface area (Å²) < 4.78 is 0. The van der Waals surface area contributed by atoms with Crippen molar-refractivity contribution in [3.8, 4) is 0 Å². The van der Waals surface area contributed by atoms with Crippen LogP contribution in [0.4, 0.5) is 10.5 Å². The van der Waals surface area contributed by atoms with Crippen molar-refractivity contribution in [1.82, 2.24) is 5.32 Å². The molecule has 0 radical (unpaired) electrons. The summed E-state index contributed by atoms with van der Waals surface area (Å²) in [4.78, 5) is 23.2. The van der Waals surface area contributed by atoms with Gasteiger partial charge in [0.25, 0.3) is 0 Å². The first-order chi connectivity index (χ1) is 9.90. The Morgan fingerprint density at radius 2 is 1.95 bits per heavy atom. The summed E-state index contributed by atoms with van der Waals surface area (Å²) in [7, 11) is 0. The zero-order chi connectivity index (χ0) is 15.6. The quantitative estimate of drug-likeness (QED) is 0.799. The first-order valence-corrected chi connectivity index (χ1v) is 7.30. The maximum Gasteiger partial charge on any atom is 0.336 e. The van der Waals surface area contributed by atoms with E-state index < -0.39 is 5.97 Å². The highest BCUT2D eigenvalue weighted by Gasteiger charge is 2.30. The molecular formula is C16H22N2O3. The second kappa shape index (κ2) is 6.16. The number of carbonyl (C=O) groups is 2. The van der Waals surface area contributed by atoms with Crippen molar-refractivity contribution in [2.75, 3.05) is 5.32 Å². The largest absolute Gasteiger partial charge is 0.478 e. The number of hydrogen-bond acceptors (Lipinski definition) is 2. The van der Waals surface area contributed by atoms with Gasteiger partial charge in [0, 0.05) is 11.7 Å². The van der Waals surface area contributed by atoms with Gasteiger partial charge < -0.3 is 15.7 Å². The minimum Gasteiger partial charge on any atom is -0.478 e. The molecular weight excluding hydrogens is 268 g/mol. The molecule has 2 amide bonds. The summed E-state index contributed by atoms with van der Waals surface area (Å²) in [6, 6.07) is 4.78. The number of rotatable bonds is 3. The Hall–Kier alpha value is -2.04. The number of benzene rings is 1. The Morgan fingerprint density at radius 1 is 1.24 bits per heavy atom. The average Bonchev–Trinajstić information content (AvgIpc) is 2.73.